The van der Waals surface area contributed by atoms with Crippen LogP contribution in [-0.4, -0.2) is 37.9 Å². The predicted octanol–water partition coefficient (Wildman–Crippen LogP) is 0.217. The molecule has 1 aromatic carbocycles. The van der Waals surface area contributed by atoms with Gasteiger partial charge in [0.15, 0.2) is 0 Å². The van der Waals surface area contributed by atoms with Gasteiger partial charge in [-0.1, -0.05) is 0 Å². The normalized spacial score (nSPS) is 11.7. The van der Waals surface area contributed by atoms with Crippen LogP contribution in [0.25, 0.3) is 0 Å². The summed E-state index contributed by atoms with van der Waals surface area (Å²) < 4.78 is 24.4. The molecule has 1 aromatic rings. The lowest BCUT2D eigenvalue weighted by atomic mass is 10.2. The number of hydrogen-bond acceptors (Lipinski definition) is 4. The number of rotatable bonds is 3. The van der Waals surface area contributed by atoms with Crippen molar-refractivity contribution in [2.45, 2.75) is 4.90 Å². The molecule has 0 heterocycles. The molecule has 0 atom stereocenters. The van der Waals surface area contributed by atoms with E-state index in [1.165, 1.54) is 26.2 Å². The number of carboxylic acids is 1. The first-order valence-corrected chi connectivity index (χ1v) is 5.76. The van der Waals surface area contributed by atoms with E-state index in [-0.39, 0.29) is 16.1 Å². The number of nitrogen functional groups attached to an aromatic ring is 1. The SMILES string of the molecule is CN(C)S(=O)(=O)c1ccc(N)c(C(=O)O)c1. The number of carboxylic acid groups (broad SMARTS) is 1. The van der Waals surface area contributed by atoms with Crippen molar-refractivity contribution in [3.05, 3.63) is 23.8 Å². The Bertz CT molecular complexity index is 522. The molecule has 0 aromatic heterocycles. The van der Waals surface area contributed by atoms with Gasteiger partial charge in [0.1, 0.15) is 0 Å². The maximum absolute atomic E-state index is 11.7. The van der Waals surface area contributed by atoms with Gasteiger partial charge in [0.25, 0.3) is 0 Å². The minimum atomic E-state index is -3.64. The molecule has 0 saturated carbocycles. The molecule has 7 heteroatoms. The van der Waals surface area contributed by atoms with Crippen LogP contribution in [0.5, 0.6) is 0 Å². The lowest BCUT2D eigenvalue weighted by Crippen LogP contribution is -2.22. The van der Waals surface area contributed by atoms with Crippen LogP contribution in [0.15, 0.2) is 23.1 Å². The van der Waals surface area contributed by atoms with E-state index in [0.717, 1.165) is 10.4 Å². The van der Waals surface area contributed by atoms with Gasteiger partial charge in [0, 0.05) is 19.8 Å². The van der Waals surface area contributed by atoms with E-state index in [9.17, 15) is 13.2 Å². The zero-order valence-corrected chi connectivity index (χ0v) is 9.65. The highest BCUT2D eigenvalue weighted by atomic mass is 32.2. The number of carbonyl (C=O) groups is 1. The number of sulfonamides is 1. The van der Waals surface area contributed by atoms with E-state index >= 15 is 0 Å². The zero-order chi connectivity index (χ0) is 12.5. The summed E-state index contributed by atoms with van der Waals surface area (Å²) in [7, 11) is -0.901. The third-order valence-electron chi connectivity index (χ3n) is 2.03. The number of aromatic carboxylic acids is 1. The molecule has 6 nitrogen and oxygen atoms in total. The number of anilines is 1. The summed E-state index contributed by atoms with van der Waals surface area (Å²) in [4.78, 5) is 10.7. The maximum atomic E-state index is 11.7. The standard InChI is InChI=1S/C9H12N2O4S/c1-11(2)16(14,15)6-3-4-8(10)7(5-6)9(12)13/h3-5H,10H2,1-2H3,(H,12,13). The molecule has 0 spiro atoms. The Hall–Kier alpha value is -1.60. The summed E-state index contributed by atoms with van der Waals surface area (Å²) in [6.07, 6.45) is 0. The Labute approximate surface area is 93.3 Å². The fourth-order valence-electron chi connectivity index (χ4n) is 1.09. The van der Waals surface area contributed by atoms with E-state index in [0.29, 0.717) is 0 Å². The van der Waals surface area contributed by atoms with E-state index in [1.54, 1.807) is 0 Å². The molecule has 1 rings (SSSR count). The van der Waals surface area contributed by atoms with Crippen LogP contribution in [0.1, 0.15) is 10.4 Å². The average Bonchev–Trinajstić information content (AvgIpc) is 2.17. The molecule has 0 unspecified atom stereocenters. The van der Waals surface area contributed by atoms with Crippen molar-refractivity contribution < 1.29 is 18.3 Å². The van der Waals surface area contributed by atoms with Crippen molar-refractivity contribution in [3.63, 3.8) is 0 Å². The second-order valence-electron chi connectivity index (χ2n) is 3.34. The number of nitrogens with two attached hydrogens (primary N) is 1. The average molecular weight is 244 g/mol. The lowest BCUT2D eigenvalue weighted by Gasteiger charge is -2.12. The molecule has 0 saturated heterocycles. The summed E-state index contributed by atoms with van der Waals surface area (Å²) in [6.45, 7) is 0. The van der Waals surface area contributed by atoms with Gasteiger partial charge in [-0.3, -0.25) is 0 Å². The topological polar surface area (TPSA) is 101 Å². The van der Waals surface area contributed by atoms with Crippen molar-refractivity contribution in [1.29, 1.82) is 0 Å². The van der Waals surface area contributed by atoms with E-state index < -0.39 is 16.0 Å². The van der Waals surface area contributed by atoms with Crippen molar-refractivity contribution in [2.24, 2.45) is 0 Å². The molecule has 0 aliphatic heterocycles. The van der Waals surface area contributed by atoms with Gasteiger partial charge < -0.3 is 10.8 Å². The van der Waals surface area contributed by atoms with Crippen LogP contribution < -0.4 is 5.73 Å². The molecular weight excluding hydrogens is 232 g/mol. The van der Waals surface area contributed by atoms with Gasteiger partial charge >= 0.3 is 5.97 Å². The lowest BCUT2D eigenvalue weighted by molar-refractivity contribution is 0.0698. The van der Waals surface area contributed by atoms with Gasteiger partial charge in [0.2, 0.25) is 10.0 Å². The molecule has 16 heavy (non-hydrogen) atoms. The van der Waals surface area contributed by atoms with Crippen molar-refractivity contribution in [3.8, 4) is 0 Å². The highest BCUT2D eigenvalue weighted by Gasteiger charge is 2.19. The molecular formula is C9H12N2O4S. The Morgan fingerprint density at radius 2 is 1.94 bits per heavy atom. The predicted molar refractivity (Wildman–Crippen MR) is 58.7 cm³/mol. The fraction of sp³-hybridized carbons (Fsp3) is 0.222. The van der Waals surface area contributed by atoms with Crippen LogP contribution in [-0.2, 0) is 10.0 Å². The zero-order valence-electron chi connectivity index (χ0n) is 8.84. The third kappa shape index (κ3) is 2.15. The third-order valence-corrected chi connectivity index (χ3v) is 3.84. The van der Waals surface area contributed by atoms with E-state index in [1.807, 2.05) is 0 Å². The second-order valence-corrected chi connectivity index (χ2v) is 5.49. The Morgan fingerprint density at radius 1 is 1.38 bits per heavy atom. The monoisotopic (exact) mass is 244 g/mol. The molecule has 0 aliphatic rings. The van der Waals surface area contributed by atoms with Crippen molar-refractivity contribution in [1.82, 2.24) is 4.31 Å². The van der Waals surface area contributed by atoms with Gasteiger partial charge in [-0.25, -0.2) is 17.5 Å². The minimum absolute atomic E-state index is 0.0326. The highest BCUT2D eigenvalue weighted by molar-refractivity contribution is 7.89. The molecule has 0 bridgehead atoms. The summed E-state index contributed by atoms with van der Waals surface area (Å²) in [5.41, 5.74) is 5.23. The molecule has 0 fully saturated rings. The van der Waals surface area contributed by atoms with Gasteiger partial charge in [-0.05, 0) is 18.2 Å². The fourth-order valence-corrected chi connectivity index (χ4v) is 2.02. The first-order valence-electron chi connectivity index (χ1n) is 4.32. The molecule has 0 radical (unpaired) electrons. The largest absolute Gasteiger partial charge is 0.478 e. The van der Waals surface area contributed by atoms with Gasteiger partial charge in [0.05, 0.1) is 10.5 Å². The van der Waals surface area contributed by atoms with Crippen LogP contribution in [0.2, 0.25) is 0 Å². The molecule has 3 N–H and O–H groups in total. The van der Waals surface area contributed by atoms with Gasteiger partial charge in [-0.2, -0.15) is 0 Å². The van der Waals surface area contributed by atoms with Gasteiger partial charge in [-0.15, -0.1) is 0 Å². The minimum Gasteiger partial charge on any atom is -0.478 e. The Kier molecular flexibility index (Phi) is 3.20. The number of benzene rings is 1. The van der Waals surface area contributed by atoms with Crippen molar-refractivity contribution in [2.75, 3.05) is 19.8 Å². The van der Waals surface area contributed by atoms with Crippen LogP contribution in [0.4, 0.5) is 5.69 Å². The van der Waals surface area contributed by atoms with Crippen LogP contribution in [0.3, 0.4) is 0 Å². The number of hydrogen-bond donors (Lipinski definition) is 2. The number of nitrogens with zero attached hydrogens (tertiary/aromatic N) is 1. The van der Waals surface area contributed by atoms with Crippen LogP contribution in [0, 0.1) is 0 Å². The summed E-state index contributed by atoms with van der Waals surface area (Å²) >= 11 is 0. The molecule has 0 amide bonds. The Balaban J connectivity index is 3.40. The summed E-state index contributed by atoms with van der Waals surface area (Å²) in [6, 6.07) is 3.59. The van der Waals surface area contributed by atoms with E-state index in [4.69, 9.17) is 10.8 Å². The molecule has 0 aliphatic carbocycles. The maximum Gasteiger partial charge on any atom is 0.337 e. The summed E-state index contributed by atoms with van der Waals surface area (Å²) in [5.74, 6) is -1.26. The first-order chi connectivity index (χ1) is 7.26. The quantitative estimate of drug-likeness (QED) is 0.740. The van der Waals surface area contributed by atoms with E-state index in [2.05, 4.69) is 0 Å². The highest BCUT2D eigenvalue weighted by Crippen LogP contribution is 2.19. The Morgan fingerprint density at radius 3 is 2.38 bits per heavy atom. The van der Waals surface area contributed by atoms with Crippen molar-refractivity contribution >= 4 is 21.7 Å². The summed E-state index contributed by atoms with van der Waals surface area (Å²) in [5, 5.41) is 8.81. The smallest absolute Gasteiger partial charge is 0.337 e. The first kappa shape index (κ1) is 12.5. The van der Waals surface area contributed by atoms with Crippen LogP contribution >= 0.6 is 0 Å². The molecule has 88 valence electrons. The second kappa shape index (κ2) is 4.11.